The van der Waals surface area contributed by atoms with E-state index in [9.17, 15) is 19.2 Å². The molecule has 0 radical (unpaired) electrons. The number of rotatable bonds is 10. The van der Waals surface area contributed by atoms with Gasteiger partial charge in [-0.25, -0.2) is 0 Å². The van der Waals surface area contributed by atoms with Crippen molar-refractivity contribution in [2.24, 2.45) is 10.8 Å². The molecule has 0 atom stereocenters. The zero-order valence-corrected chi connectivity index (χ0v) is 25.3. The first-order valence-electron chi connectivity index (χ1n) is 12.9. The molecule has 0 fully saturated rings. The number of hydrogen-bond acceptors (Lipinski definition) is 7. The lowest BCUT2D eigenvalue weighted by Crippen LogP contribution is -2.48. The molecule has 1 aromatic rings. The Hall–Kier alpha value is -2.90. The van der Waals surface area contributed by atoms with Gasteiger partial charge in [0.1, 0.15) is 11.2 Å². The minimum atomic E-state index is -1.70. The number of ether oxygens (including phenoxy) is 3. The number of benzene rings is 1. The maximum Gasteiger partial charge on any atom is 0.328 e. The van der Waals surface area contributed by atoms with Crippen LogP contribution in [0.1, 0.15) is 101 Å². The van der Waals surface area contributed by atoms with Crippen molar-refractivity contribution in [3.63, 3.8) is 0 Å². The highest BCUT2D eigenvalue weighted by atomic mass is 16.6. The second-order valence-corrected chi connectivity index (χ2v) is 13.7. The highest BCUT2D eigenvalue weighted by Crippen LogP contribution is 2.39. The fourth-order valence-corrected chi connectivity index (χ4v) is 4.49. The first-order valence-corrected chi connectivity index (χ1v) is 12.9. The Balaban J connectivity index is 3.09. The van der Waals surface area contributed by atoms with Crippen molar-refractivity contribution in [1.82, 2.24) is 0 Å². The monoisotopic (exact) mass is 533 g/mol. The minimum absolute atomic E-state index is 0.182. The first kappa shape index (κ1) is 33.1. The summed E-state index contributed by atoms with van der Waals surface area (Å²) < 4.78 is 15.9. The smallest absolute Gasteiger partial charge is 0.328 e. The zero-order valence-electron chi connectivity index (χ0n) is 25.3. The van der Waals surface area contributed by atoms with Crippen LogP contribution in [0.4, 0.5) is 5.69 Å². The van der Waals surface area contributed by atoms with E-state index in [-0.39, 0.29) is 35.5 Å². The summed E-state index contributed by atoms with van der Waals surface area (Å²) in [6.45, 7) is 19.8. The van der Waals surface area contributed by atoms with Gasteiger partial charge in [0.15, 0.2) is 5.41 Å². The molecule has 1 rings (SSSR count). The van der Waals surface area contributed by atoms with E-state index in [1.807, 2.05) is 27.7 Å². The summed E-state index contributed by atoms with van der Waals surface area (Å²) in [6.07, 6.45) is 1.16. The third-order valence-corrected chi connectivity index (χ3v) is 5.81. The third kappa shape index (κ3) is 10.5. The largest absolute Gasteiger partial charge is 0.469 e. The molecule has 0 saturated carbocycles. The van der Waals surface area contributed by atoms with E-state index in [1.54, 1.807) is 65.8 Å². The van der Waals surface area contributed by atoms with Crippen molar-refractivity contribution in [1.29, 1.82) is 0 Å². The molecule has 0 heterocycles. The second-order valence-electron chi connectivity index (χ2n) is 13.7. The lowest BCUT2D eigenvalue weighted by molar-refractivity contribution is -0.176. The summed E-state index contributed by atoms with van der Waals surface area (Å²) in [4.78, 5) is 51.0. The molecule has 0 aliphatic heterocycles. The lowest BCUT2D eigenvalue weighted by atomic mass is 9.72. The van der Waals surface area contributed by atoms with Crippen molar-refractivity contribution >= 4 is 29.5 Å². The van der Waals surface area contributed by atoms with Crippen LogP contribution in [0.5, 0.6) is 0 Å². The molecule has 0 aromatic heterocycles. The molecule has 8 nitrogen and oxygen atoms in total. The summed E-state index contributed by atoms with van der Waals surface area (Å²) >= 11 is 0. The van der Waals surface area contributed by atoms with Crippen LogP contribution >= 0.6 is 0 Å². The van der Waals surface area contributed by atoms with E-state index in [1.165, 1.54) is 14.0 Å². The maximum absolute atomic E-state index is 13.2. The summed E-state index contributed by atoms with van der Waals surface area (Å²) in [5.41, 5.74) is -3.07. The molecule has 0 saturated heterocycles. The average Bonchev–Trinajstić information content (AvgIpc) is 2.69. The van der Waals surface area contributed by atoms with Crippen LogP contribution in [-0.4, -0.2) is 42.1 Å². The number of hydrogen-bond donors (Lipinski definition) is 1. The molecule has 0 bridgehead atoms. The quantitative estimate of drug-likeness (QED) is 0.224. The van der Waals surface area contributed by atoms with Crippen LogP contribution in [0.25, 0.3) is 0 Å². The van der Waals surface area contributed by atoms with E-state index in [0.717, 1.165) is 0 Å². The van der Waals surface area contributed by atoms with Crippen LogP contribution in [0.2, 0.25) is 0 Å². The fourth-order valence-electron chi connectivity index (χ4n) is 4.49. The highest BCUT2D eigenvalue weighted by Gasteiger charge is 2.48. The Morgan fingerprint density at radius 2 is 1.11 bits per heavy atom. The first-order chi connectivity index (χ1) is 17.0. The van der Waals surface area contributed by atoms with Gasteiger partial charge in [0.05, 0.1) is 13.5 Å². The Morgan fingerprint density at radius 1 is 0.684 bits per heavy atom. The molecule has 0 spiro atoms. The standard InChI is InChI=1S/C30H47NO7/c1-26(2,3)37-24(34)30(11,25(35)38-27(4,5)6)20-13-15-21(16-14-20)31-22(32)17-28(7,8)19-29(9,10)18-23(33)36-12/h13-16H,17-19H2,1-12H3,(H,31,32). The highest BCUT2D eigenvalue weighted by molar-refractivity contribution is 6.06. The number of amides is 1. The number of anilines is 1. The van der Waals surface area contributed by atoms with Gasteiger partial charge in [-0.05, 0) is 83.4 Å². The molecule has 1 N–H and O–H groups in total. The van der Waals surface area contributed by atoms with Gasteiger partial charge in [0.2, 0.25) is 5.91 Å². The summed E-state index contributed by atoms with van der Waals surface area (Å²) in [5, 5.41) is 2.89. The molecule has 0 aliphatic rings. The SMILES string of the molecule is COC(=O)CC(C)(C)CC(C)(C)CC(=O)Nc1ccc(C(C)(C(=O)OC(C)(C)C)C(=O)OC(C)(C)C)cc1. The topological polar surface area (TPSA) is 108 Å². The zero-order chi connectivity index (χ0) is 29.7. The van der Waals surface area contributed by atoms with E-state index >= 15 is 0 Å². The number of carbonyl (C=O) groups is 4. The van der Waals surface area contributed by atoms with Crippen LogP contribution in [0.15, 0.2) is 24.3 Å². The van der Waals surface area contributed by atoms with E-state index in [4.69, 9.17) is 14.2 Å². The average molecular weight is 534 g/mol. The Kier molecular flexibility index (Phi) is 10.3. The number of esters is 3. The third-order valence-electron chi connectivity index (χ3n) is 5.81. The number of methoxy groups -OCH3 is 1. The van der Waals surface area contributed by atoms with Crippen LogP contribution in [0, 0.1) is 10.8 Å². The van der Waals surface area contributed by atoms with Gasteiger partial charge >= 0.3 is 17.9 Å². The van der Waals surface area contributed by atoms with Gasteiger partial charge in [-0.1, -0.05) is 39.8 Å². The lowest BCUT2D eigenvalue weighted by Gasteiger charge is -2.34. The number of nitrogens with one attached hydrogen (secondary N) is 1. The van der Waals surface area contributed by atoms with Crippen LogP contribution in [0.3, 0.4) is 0 Å². The Labute approximate surface area is 228 Å². The Bertz CT molecular complexity index is 981. The van der Waals surface area contributed by atoms with Gasteiger partial charge in [0, 0.05) is 12.1 Å². The van der Waals surface area contributed by atoms with Crippen molar-refractivity contribution in [3.05, 3.63) is 29.8 Å². The predicted molar refractivity (Wildman–Crippen MR) is 148 cm³/mol. The molecular formula is C30H47NO7. The van der Waals surface area contributed by atoms with Crippen molar-refractivity contribution in [2.45, 2.75) is 112 Å². The molecule has 1 aromatic carbocycles. The predicted octanol–water partition coefficient (Wildman–Crippen LogP) is 5.96. The van der Waals surface area contributed by atoms with Crippen LogP contribution < -0.4 is 5.32 Å². The molecule has 8 heteroatoms. The fraction of sp³-hybridized carbons (Fsp3) is 0.667. The van der Waals surface area contributed by atoms with Gasteiger partial charge in [-0.2, -0.15) is 0 Å². The van der Waals surface area contributed by atoms with Gasteiger partial charge in [0.25, 0.3) is 0 Å². The number of carbonyl (C=O) groups excluding carboxylic acids is 4. The molecule has 38 heavy (non-hydrogen) atoms. The van der Waals surface area contributed by atoms with Crippen molar-refractivity contribution in [2.75, 3.05) is 12.4 Å². The summed E-state index contributed by atoms with van der Waals surface area (Å²) in [6, 6.07) is 6.53. The van der Waals surface area contributed by atoms with Crippen LogP contribution in [-0.2, 0) is 38.8 Å². The van der Waals surface area contributed by atoms with Gasteiger partial charge in [-0.3, -0.25) is 19.2 Å². The second kappa shape index (κ2) is 11.9. The molecule has 0 aliphatic carbocycles. The van der Waals surface area contributed by atoms with E-state index in [2.05, 4.69) is 5.32 Å². The maximum atomic E-state index is 13.2. The normalized spacial score (nSPS) is 12.9. The molecule has 1 amide bonds. The molecule has 214 valence electrons. The Morgan fingerprint density at radius 3 is 1.50 bits per heavy atom. The summed E-state index contributed by atoms with van der Waals surface area (Å²) in [7, 11) is 1.37. The molecular weight excluding hydrogens is 486 g/mol. The van der Waals surface area contributed by atoms with E-state index in [0.29, 0.717) is 17.7 Å². The van der Waals surface area contributed by atoms with Gasteiger partial charge < -0.3 is 19.5 Å². The van der Waals surface area contributed by atoms with E-state index < -0.39 is 28.6 Å². The minimum Gasteiger partial charge on any atom is -0.469 e. The van der Waals surface area contributed by atoms with Crippen molar-refractivity contribution < 1.29 is 33.4 Å². The summed E-state index contributed by atoms with van der Waals surface area (Å²) in [5.74, 6) is -1.89. The van der Waals surface area contributed by atoms with Crippen molar-refractivity contribution in [3.8, 4) is 0 Å². The molecule has 0 unspecified atom stereocenters. The van der Waals surface area contributed by atoms with Gasteiger partial charge in [-0.15, -0.1) is 0 Å².